The number of rotatable bonds is 8. The Kier molecular flexibility index (Phi) is 7.85. The Hall–Kier alpha value is -3.20. The number of ether oxygens (including phenoxy) is 1. The van der Waals surface area contributed by atoms with E-state index in [-0.39, 0.29) is 22.4 Å². The highest BCUT2D eigenvalue weighted by molar-refractivity contribution is 7.89. The van der Waals surface area contributed by atoms with Crippen LogP contribution in [0, 0.1) is 0 Å². The van der Waals surface area contributed by atoms with Crippen LogP contribution < -0.4 is 10.1 Å². The van der Waals surface area contributed by atoms with Gasteiger partial charge in [0.15, 0.2) is 0 Å². The summed E-state index contributed by atoms with van der Waals surface area (Å²) in [5, 5.41) is 2.71. The zero-order valence-corrected chi connectivity index (χ0v) is 20.9. The van der Waals surface area contributed by atoms with Crippen molar-refractivity contribution in [3.63, 3.8) is 0 Å². The molecule has 1 heterocycles. The van der Waals surface area contributed by atoms with Gasteiger partial charge in [0.25, 0.3) is 5.91 Å². The number of methoxy groups -OCH3 is 1. The first-order valence-corrected chi connectivity index (χ1v) is 13.2. The molecule has 0 saturated carbocycles. The zero-order chi connectivity index (χ0) is 24.8. The predicted molar refractivity (Wildman–Crippen MR) is 136 cm³/mol. The normalized spacial score (nSPS) is 15.2. The number of sulfonamides is 1. The third-order valence-corrected chi connectivity index (χ3v) is 8.15. The second-order valence-corrected chi connectivity index (χ2v) is 10.3. The standard InChI is InChI=1S/C27H31N3O4S/c1-3-28-27(31)24-20-23(14-15-25(24)34-2)35(32,33)30-18-16-29(17-19-30)26(21-10-6-4-7-11-21)22-12-8-5-9-13-22/h4-15,20,26H,3,16-19H2,1-2H3,(H,28,31). The molecular weight excluding hydrogens is 462 g/mol. The quantitative estimate of drug-likeness (QED) is 0.519. The van der Waals surface area contributed by atoms with Crippen LogP contribution in [0.5, 0.6) is 5.75 Å². The Morgan fingerprint density at radius 2 is 1.49 bits per heavy atom. The predicted octanol–water partition coefficient (Wildman–Crippen LogP) is 3.54. The molecule has 0 spiro atoms. The summed E-state index contributed by atoms with van der Waals surface area (Å²) < 4.78 is 33.7. The van der Waals surface area contributed by atoms with Crippen LogP contribution in [0.25, 0.3) is 0 Å². The Bertz CT molecular complexity index is 1200. The van der Waals surface area contributed by atoms with E-state index in [0.717, 1.165) is 0 Å². The molecule has 1 aliphatic heterocycles. The van der Waals surface area contributed by atoms with Crippen molar-refractivity contribution in [1.29, 1.82) is 0 Å². The van der Waals surface area contributed by atoms with Crippen molar-refractivity contribution in [2.75, 3.05) is 39.8 Å². The molecule has 4 rings (SSSR count). The maximum Gasteiger partial charge on any atom is 0.255 e. The number of benzene rings is 3. The first-order valence-electron chi connectivity index (χ1n) is 11.8. The summed E-state index contributed by atoms with van der Waals surface area (Å²) in [7, 11) is -2.31. The molecule has 0 radical (unpaired) electrons. The van der Waals surface area contributed by atoms with E-state index < -0.39 is 10.0 Å². The van der Waals surface area contributed by atoms with Crippen molar-refractivity contribution in [3.8, 4) is 5.75 Å². The Morgan fingerprint density at radius 3 is 2.00 bits per heavy atom. The third-order valence-electron chi connectivity index (χ3n) is 6.26. The third kappa shape index (κ3) is 5.40. The Morgan fingerprint density at radius 1 is 0.914 bits per heavy atom. The topological polar surface area (TPSA) is 79.0 Å². The average molecular weight is 494 g/mol. The van der Waals surface area contributed by atoms with E-state index in [1.54, 1.807) is 0 Å². The lowest BCUT2D eigenvalue weighted by molar-refractivity contribution is 0.0952. The minimum Gasteiger partial charge on any atom is -0.496 e. The van der Waals surface area contributed by atoms with Crippen molar-refractivity contribution in [1.82, 2.24) is 14.5 Å². The largest absolute Gasteiger partial charge is 0.496 e. The van der Waals surface area contributed by atoms with E-state index in [9.17, 15) is 13.2 Å². The first kappa shape index (κ1) is 24.9. The van der Waals surface area contributed by atoms with Gasteiger partial charge in [-0.25, -0.2) is 8.42 Å². The van der Waals surface area contributed by atoms with Crippen LogP contribution in [0.1, 0.15) is 34.5 Å². The van der Waals surface area contributed by atoms with E-state index in [1.165, 1.54) is 40.7 Å². The molecule has 3 aromatic carbocycles. The molecule has 1 saturated heterocycles. The van der Waals surface area contributed by atoms with Crippen molar-refractivity contribution in [2.45, 2.75) is 17.9 Å². The number of amides is 1. The molecule has 3 aromatic rings. The highest BCUT2D eigenvalue weighted by atomic mass is 32.2. The van der Waals surface area contributed by atoms with E-state index in [1.807, 2.05) is 43.3 Å². The Labute approximate surface area is 207 Å². The molecule has 0 atom stereocenters. The summed E-state index contributed by atoms with van der Waals surface area (Å²) in [4.78, 5) is 14.9. The highest BCUT2D eigenvalue weighted by Gasteiger charge is 2.33. The van der Waals surface area contributed by atoms with Crippen molar-refractivity contribution in [3.05, 3.63) is 95.6 Å². The number of hydrogen-bond donors (Lipinski definition) is 1. The van der Waals surface area contributed by atoms with Gasteiger partial charge in [-0.2, -0.15) is 4.31 Å². The second kappa shape index (κ2) is 11.0. The fraction of sp³-hybridized carbons (Fsp3) is 0.296. The molecule has 35 heavy (non-hydrogen) atoms. The molecule has 0 unspecified atom stereocenters. The smallest absolute Gasteiger partial charge is 0.255 e. The van der Waals surface area contributed by atoms with Crippen molar-refractivity contribution < 1.29 is 17.9 Å². The fourth-order valence-electron chi connectivity index (χ4n) is 4.52. The summed E-state index contributed by atoms with van der Waals surface area (Å²) in [5.41, 5.74) is 2.57. The number of carbonyl (C=O) groups excluding carboxylic acids is 1. The maximum absolute atomic E-state index is 13.5. The van der Waals surface area contributed by atoms with Crippen LogP contribution in [-0.4, -0.2) is 63.4 Å². The van der Waals surface area contributed by atoms with Gasteiger partial charge in [0, 0.05) is 32.7 Å². The van der Waals surface area contributed by atoms with Gasteiger partial charge in [0.2, 0.25) is 10.0 Å². The van der Waals surface area contributed by atoms with Crippen molar-refractivity contribution in [2.24, 2.45) is 0 Å². The van der Waals surface area contributed by atoms with E-state index >= 15 is 0 Å². The van der Waals surface area contributed by atoms with Crippen LogP contribution >= 0.6 is 0 Å². The van der Waals surface area contributed by atoms with E-state index in [4.69, 9.17) is 4.74 Å². The molecule has 1 N–H and O–H groups in total. The average Bonchev–Trinajstić information content (AvgIpc) is 2.90. The Balaban J connectivity index is 1.56. The van der Waals surface area contributed by atoms with Crippen LogP contribution in [-0.2, 0) is 10.0 Å². The summed E-state index contributed by atoms with van der Waals surface area (Å²) in [5.74, 6) is -0.0203. The second-order valence-electron chi connectivity index (χ2n) is 8.39. The minimum atomic E-state index is -3.77. The molecule has 1 aliphatic rings. The van der Waals surface area contributed by atoms with Crippen LogP contribution in [0.4, 0.5) is 0 Å². The lowest BCUT2D eigenvalue weighted by atomic mass is 9.96. The molecule has 1 amide bonds. The van der Waals surface area contributed by atoms with Gasteiger partial charge in [-0.1, -0.05) is 60.7 Å². The SMILES string of the molecule is CCNC(=O)c1cc(S(=O)(=O)N2CCN(C(c3ccccc3)c3ccccc3)CC2)ccc1OC. The monoisotopic (exact) mass is 493 g/mol. The number of piperazine rings is 1. The molecule has 1 fully saturated rings. The molecule has 0 aromatic heterocycles. The summed E-state index contributed by atoms with van der Waals surface area (Å²) in [6.07, 6.45) is 0. The summed E-state index contributed by atoms with van der Waals surface area (Å²) in [6, 6.07) is 25.1. The lowest BCUT2D eigenvalue weighted by Gasteiger charge is -2.39. The number of nitrogens with one attached hydrogen (secondary N) is 1. The lowest BCUT2D eigenvalue weighted by Crippen LogP contribution is -2.49. The van der Waals surface area contributed by atoms with E-state index in [0.29, 0.717) is 38.5 Å². The van der Waals surface area contributed by atoms with E-state index in [2.05, 4.69) is 34.5 Å². The van der Waals surface area contributed by atoms with Crippen LogP contribution in [0.2, 0.25) is 0 Å². The zero-order valence-electron chi connectivity index (χ0n) is 20.1. The molecule has 184 valence electrons. The number of nitrogens with zero attached hydrogens (tertiary/aromatic N) is 2. The highest BCUT2D eigenvalue weighted by Crippen LogP contribution is 2.31. The molecule has 0 bridgehead atoms. The summed E-state index contributed by atoms with van der Waals surface area (Å²) in [6.45, 7) is 4.15. The van der Waals surface area contributed by atoms with Gasteiger partial charge in [-0.3, -0.25) is 9.69 Å². The van der Waals surface area contributed by atoms with Gasteiger partial charge >= 0.3 is 0 Å². The van der Waals surface area contributed by atoms with Crippen LogP contribution in [0.3, 0.4) is 0 Å². The number of carbonyl (C=O) groups is 1. The van der Waals surface area contributed by atoms with Crippen LogP contribution in [0.15, 0.2) is 83.8 Å². The van der Waals surface area contributed by atoms with Gasteiger partial charge in [-0.05, 0) is 36.2 Å². The molecule has 8 heteroatoms. The fourth-order valence-corrected chi connectivity index (χ4v) is 5.97. The van der Waals surface area contributed by atoms with Crippen molar-refractivity contribution >= 4 is 15.9 Å². The molecule has 0 aliphatic carbocycles. The maximum atomic E-state index is 13.5. The van der Waals surface area contributed by atoms with Gasteiger partial charge in [-0.15, -0.1) is 0 Å². The first-order chi connectivity index (χ1) is 17.0. The van der Waals surface area contributed by atoms with Gasteiger partial charge < -0.3 is 10.1 Å². The van der Waals surface area contributed by atoms with Gasteiger partial charge in [0.1, 0.15) is 5.75 Å². The van der Waals surface area contributed by atoms with Gasteiger partial charge in [0.05, 0.1) is 23.6 Å². The molecule has 7 nitrogen and oxygen atoms in total. The number of hydrogen-bond acceptors (Lipinski definition) is 5. The minimum absolute atomic E-state index is 0.0487. The summed E-state index contributed by atoms with van der Waals surface area (Å²) >= 11 is 0. The molecular formula is C27H31N3O4S.